The third-order valence-corrected chi connectivity index (χ3v) is 4.20. The lowest BCUT2D eigenvalue weighted by Gasteiger charge is -2.19. The van der Waals surface area contributed by atoms with E-state index in [0.717, 1.165) is 24.9 Å². The maximum atomic E-state index is 11.9. The van der Waals surface area contributed by atoms with Gasteiger partial charge in [-0.15, -0.1) is 0 Å². The number of rotatable bonds is 4. The summed E-state index contributed by atoms with van der Waals surface area (Å²) in [5.41, 5.74) is 0.999. The molecule has 1 amide bonds. The van der Waals surface area contributed by atoms with Gasteiger partial charge in [0.1, 0.15) is 12.9 Å². The Morgan fingerprint density at radius 1 is 1.26 bits per heavy atom. The first-order chi connectivity index (χ1) is 9.29. The molecule has 1 unspecified atom stereocenters. The van der Waals surface area contributed by atoms with Crippen molar-refractivity contribution in [2.24, 2.45) is 17.8 Å². The molecule has 4 nitrogen and oxygen atoms in total. The fourth-order valence-corrected chi connectivity index (χ4v) is 3.07. The van der Waals surface area contributed by atoms with E-state index in [4.69, 9.17) is 4.74 Å². The van der Waals surface area contributed by atoms with Gasteiger partial charge in [0.25, 0.3) is 0 Å². The van der Waals surface area contributed by atoms with Crippen molar-refractivity contribution < 1.29 is 14.3 Å². The molecular formula is C15H17NO3. The van der Waals surface area contributed by atoms with E-state index in [1.165, 1.54) is 0 Å². The highest BCUT2D eigenvalue weighted by atomic mass is 16.6. The van der Waals surface area contributed by atoms with Gasteiger partial charge in [-0.3, -0.25) is 0 Å². The Hall–Kier alpha value is -1.84. The van der Waals surface area contributed by atoms with Crippen LogP contribution in [0.3, 0.4) is 0 Å². The van der Waals surface area contributed by atoms with Crippen LogP contribution >= 0.6 is 0 Å². The molecule has 3 rings (SSSR count). The summed E-state index contributed by atoms with van der Waals surface area (Å²) in [6, 6.07) is 9.67. The molecule has 1 aromatic carbocycles. The zero-order valence-electron chi connectivity index (χ0n) is 10.7. The number of likely N-dealkylation sites (tertiary alicyclic amines) is 1. The average Bonchev–Trinajstić information content (AvgIpc) is 2.89. The van der Waals surface area contributed by atoms with Gasteiger partial charge in [-0.1, -0.05) is 30.3 Å². The highest BCUT2D eigenvalue weighted by Crippen LogP contribution is 2.53. The number of hydrogen-bond acceptors (Lipinski definition) is 3. The lowest BCUT2D eigenvalue weighted by atomic mass is 10.2. The molecule has 1 aromatic rings. The summed E-state index contributed by atoms with van der Waals surface area (Å²) < 4.78 is 5.29. The summed E-state index contributed by atoms with van der Waals surface area (Å²) in [5, 5.41) is 0. The SMILES string of the molecule is O=CCC1[C@H]2CN(C(=O)OCc3ccccc3)C[C@@H]12. The van der Waals surface area contributed by atoms with E-state index >= 15 is 0 Å². The van der Waals surface area contributed by atoms with Gasteiger partial charge in [0.15, 0.2) is 0 Å². The second-order valence-electron chi connectivity index (χ2n) is 5.34. The van der Waals surface area contributed by atoms with Crippen molar-refractivity contribution in [3.8, 4) is 0 Å². The van der Waals surface area contributed by atoms with E-state index in [0.29, 0.717) is 30.8 Å². The van der Waals surface area contributed by atoms with Crippen LogP contribution in [-0.4, -0.2) is 30.4 Å². The maximum absolute atomic E-state index is 11.9. The molecule has 0 aromatic heterocycles. The molecule has 4 heteroatoms. The van der Waals surface area contributed by atoms with Crippen LogP contribution in [0.2, 0.25) is 0 Å². The lowest BCUT2D eigenvalue weighted by molar-refractivity contribution is -0.108. The Bertz CT molecular complexity index is 462. The zero-order chi connectivity index (χ0) is 13.2. The second-order valence-corrected chi connectivity index (χ2v) is 5.34. The Labute approximate surface area is 112 Å². The summed E-state index contributed by atoms with van der Waals surface area (Å²) in [6.45, 7) is 1.82. The van der Waals surface area contributed by atoms with Gasteiger partial charge in [-0.25, -0.2) is 4.79 Å². The molecule has 2 aliphatic rings. The van der Waals surface area contributed by atoms with Gasteiger partial charge in [0, 0.05) is 19.5 Å². The van der Waals surface area contributed by atoms with E-state index in [-0.39, 0.29) is 6.09 Å². The summed E-state index contributed by atoms with van der Waals surface area (Å²) in [4.78, 5) is 24.1. The smallest absolute Gasteiger partial charge is 0.410 e. The van der Waals surface area contributed by atoms with Crippen molar-refractivity contribution in [3.63, 3.8) is 0 Å². The number of carbonyl (C=O) groups is 2. The number of hydrogen-bond donors (Lipinski definition) is 0. The summed E-state index contributed by atoms with van der Waals surface area (Å²) in [6.07, 6.45) is 1.39. The van der Waals surface area contributed by atoms with Crippen molar-refractivity contribution in [3.05, 3.63) is 35.9 Å². The first-order valence-corrected chi connectivity index (χ1v) is 6.69. The molecule has 0 spiro atoms. The lowest BCUT2D eigenvalue weighted by Crippen LogP contribution is -2.32. The van der Waals surface area contributed by atoms with Crippen LogP contribution in [0.5, 0.6) is 0 Å². The van der Waals surface area contributed by atoms with Gasteiger partial charge in [-0.05, 0) is 23.3 Å². The van der Waals surface area contributed by atoms with Crippen LogP contribution in [0, 0.1) is 17.8 Å². The van der Waals surface area contributed by atoms with Crippen LogP contribution in [0.15, 0.2) is 30.3 Å². The second kappa shape index (κ2) is 5.03. The number of piperidine rings is 1. The van der Waals surface area contributed by atoms with Gasteiger partial charge in [0.2, 0.25) is 0 Å². The molecule has 100 valence electrons. The quantitative estimate of drug-likeness (QED) is 0.778. The topological polar surface area (TPSA) is 46.6 Å². The Morgan fingerprint density at radius 3 is 2.58 bits per heavy atom. The van der Waals surface area contributed by atoms with E-state index in [9.17, 15) is 9.59 Å². The standard InChI is InChI=1S/C15H17NO3/c17-7-6-12-13-8-16(9-14(12)13)15(18)19-10-11-4-2-1-3-5-11/h1-5,7,12-14H,6,8-10H2/t12?,13-,14+. The van der Waals surface area contributed by atoms with E-state index in [2.05, 4.69) is 0 Å². The van der Waals surface area contributed by atoms with Crippen molar-refractivity contribution in [1.29, 1.82) is 0 Å². The van der Waals surface area contributed by atoms with Crippen LogP contribution in [0.25, 0.3) is 0 Å². The molecule has 3 atom stereocenters. The number of benzene rings is 1. The first-order valence-electron chi connectivity index (χ1n) is 6.69. The fourth-order valence-electron chi connectivity index (χ4n) is 3.07. The zero-order valence-corrected chi connectivity index (χ0v) is 10.7. The number of ether oxygens (including phenoxy) is 1. The van der Waals surface area contributed by atoms with Gasteiger partial charge in [-0.2, -0.15) is 0 Å². The van der Waals surface area contributed by atoms with E-state index < -0.39 is 0 Å². The number of amides is 1. The Kier molecular flexibility index (Phi) is 3.23. The van der Waals surface area contributed by atoms with E-state index in [1.54, 1.807) is 4.90 Å². The molecule has 1 saturated heterocycles. The van der Waals surface area contributed by atoms with E-state index in [1.807, 2.05) is 30.3 Å². The first kappa shape index (κ1) is 12.2. The monoisotopic (exact) mass is 259 g/mol. The number of nitrogens with zero attached hydrogens (tertiary/aromatic N) is 1. The Balaban J connectivity index is 1.45. The minimum Gasteiger partial charge on any atom is -0.445 e. The summed E-state index contributed by atoms with van der Waals surface area (Å²) in [5.74, 6) is 1.56. The summed E-state index contributed by atoms with van der Waals surface area (Å²) >= 11 is 0. The molecule has 0 radical (unpaired) electrons. The maximum Gasteiger partial charge on any atom is 0.410 e. The third-order valence-electron chi connectivity index (χ3n) is 4.20. The highest BCUT2D eigenvalue weighted by molar-refractivity contribution is 5.68. The van der Waals surface area contributed by atoms with Crippen molar-refractivity contribution in [2.45, 2.75) is 13.0 Å². The predicted molar refractivity (Wildman–Crippen MR) is 69.4 cm³/mol. The van der Waals surface area contributed by atoms with Crippen molar-refractivity contribution in [2.75, 3.05) is 13.1 Å². The van der Waals surface area contributed by atoms with Gasteiger partial charge in [0.05, 0.1) is 0 Å². The van der Waals surface area contributed by atoms with Crippen molar-refractivity contribution >= 4 is 12.4 Å². The third kappa shape index (κ3) is 2.48. The fraction of sp³-hybridized carbons (Fsp3) is 0.467. The van der Waals surface area contributed by atoms with Crippen LogP contribution < -0.4 is 0 Å². The molecular weight excluding hydrogens is 242 g/mol. The van der Waals surface area contributed by atoms with Gasteiger partial charge < -0.3 is 14.4 Å². The van der Waals surface area contributed by atoms with Crippen LogP contribution in [0.1, 0.15) is 12.0 Å². The van der Waals surface area contributed by atoms with Crippen LogP contribution in [-0.2, 0) is 16.1 Å². The van der Waals surface area contributed by atoms with Crippen molar-refractivity contribution in [1.82, 2.24) is 4.90 Å². The largest absolute Gasteiger partial charge is 0.445 e. The average molecular weight is 259 g/mol. The summed E-state index contributed by atoms with van der Waals surface area (Å²) in [7, 11) is 0. The van der Waals surface area contributed by atoms with Gasteiger partial charge >= 0.3 is 6.09 Å². The minimum atomic E-state index is -0.235. The molecule has 1 aliphatic heterocycles. The normalized spacial score (nSPS) is 27.8. The molecule has 1 aliphatic carbocycles. The number of fused-ring (bicyclic) bond motifs is 1. The molecule has 19 heavy (non-hydrogen) atoms. The predicted octanol–water partition coefficient (Wildman–Crippen LogP) is 2.09. The molecule has 1 saturated carbocycles. The molecule has 0 bridgehead atoms. The minimum absolute atomic E-state index is 0.235. The molecule has 1 heterocycles. The van der Waals surface area contributed by atoms with Crippen LogP contribution in [0.4, 0.5) is 4.79 Å². The molecule has 2 fully saturated rings. The highest BCUT2D eigenvalue weighted by Gasteiger charge is 2.56. The number of aldehydes is 1. The Morgan fingerprint density at radius 2 is 1.95 bits per heavy atom. The number of carbonyl (C=O) groups excluding carboxylic acids is 2. The molecule has 0 N–H and O–H groups in total.